The Labute approximate surface area is 132 Å². The summed E-state index contributed by atoms with van der Waals surface area (Å²) >= 11 is 0. The van der Waals surface area contributed by atoms with Gasteiger partial charge >= 0.3 is 6.09 Å². The average molecular weight is 315 g/mol. The Morgan fingerprint density at radius 3 is 2.55 bits per heavy atom. The number of rotatable bonds is 7. The van der Waals surface area contributed by atoms with Crippen LogP contribution in [0.1, 0.15) is 46.5 Å². The molecular formula is C15H29N3O4. The molecule has 0 radical (unpaired) electrons. The van der Waals surface area contributed by atoms with Gasteiger partial charge < -0.3 is 25.8 Å². The van der Waals surface area contributed by atoms with E-state index in [9.17, 15) is 9.59 Å². The number of nitrogens with two attached hydrogens (primary N) is 1. The largest absolute Gasteiger partial charge is 0.444 e. The van der Waals surface area contributed by atoms with E-state index in [-0.39, 0.29) is 18.7 Å². The Kier molecular flexibility index (Phi) is 7.61. The van der Waals surface area contributed by atoms with Crippen LogP contribution in [0.4, 0.5) is 4.79 Å². The van der Waals surface area contributed by atoms with Crippen LogP contribution in [-0.2, 0) is 14.3 Å². The van der Waals surface area contributed by atoms with E-state index in [2.05, 4.69) is 10.6 Å². The minimum atomic E-state index is -0.478. The highest BCUT2D eigenvalue weighted by molar-refractivity contribution is 5.74. The fourth-order valence-electron chi connectivity index (χ4n) is 2.49. The standard InChI is InChI=1S/C15H29N3O4/c1-15(2,3)22-14(20)18-12-6-4-5-11(9-12)17-7-8-21-10-13(16)19/h11-12,17H,4-10H2,1-3H3,(H2,16,19)(H,18,20). The lowest BCUT2D eigenvalue weighted by Crippen LogP contribution is -2.46. The van der Waals surface area contributed by atoms with Crippen LogP contribution in [0.25, 0.3) is 0 Å². The molecule has 0 heterocycles. The van der Waals surface area contributed by atoms with Crippen molar-refractivity contribution in [3.05, 3.63) is 0 Å². The maximum Gasteiger partial charge on any atom is 0.407 e. The third-order valence-corrected chi connectivity index (χ3v) is 3.32. The molecule has 1 aliphatic carbocycles. The minimum Gasteiger partial charge on any atom is -0.444 e. The summed E-state index contributed by atoms with van der Waals surface area (Å²) in [5, 5.41) is 6.31. The van der Waals surface area contributed by atoms with Crippen LogP contribution >= 0.6 is 0 Å². The molecule has 1 rings (SSSR count). The number of primary amides is 1. The summed E-state index contributed by atoms with van der Waals surface area (Å²) in [6.07, 6.45) is 3.61. The van der Waals surface area contributed by atoms with Gasteiger partial charge in [0.1, 0.15) is 12.2 Å². The van der Waals surface area contributed by atoms with E-state index >= 15 is 0 Å². The van der Waals surface area contributed by atoms with E-state index in [0.29, 0.717) is 19.2 Å². The molecule has 22 heavy (non-hydrogen) atoms. The molecular weight excluding hydrogens is 286 g/mol. The Hall–Kier alpha value is -1.34. The minimum absolute atomic E-state index is 0.0465. The summed E-state index contributed by atoms with van der Waals surface area (Å²) in [7, 11) is 0. The zero-order valence-electron chi connectivity index (χ0n) is 13.8. The summed E-state index contributed by atoms with van der Waals surface area (Å²) in [4.78, 5) is 22.3. The van der Waals surface area contributed by atoms with Gasteiger partial charge in [-0.2, -0.15) is 0 Å². The Bertz CT molecular complexity index is 368. The van der Waals surface area contributed by atoms with E-state index in [4.69, 9.17) is 15.2 Å². The highest BCUT2D eigenvalue weighted by Crippen LogP contribution is 2.19. The van der Waals surface area contributed by atoms with Crippen molar-refractivity contribution in [1.82, 2.24) is 10.6 Å². The molecule has 7 heteroatoms. The molecule has 2 amide bonds. The topological polar surface area (TPSA) is 103 Å². The summed E-state index contributed by atoms with van der Waals surface area (Å²) < 4.78 is 10.4. The summed E-state index contributed by atoms with van der Waals surface area (Å²) in [6.45, 7) is 6.62. The number of carbonyl (C=O) groups is 2. The first-order chi connectivity index (χ1) is 10.3. The van der Waals surface area contributed by atoms with Gasteiger partial charge in [-0.3, -0.25) is 4.79 Å². The molecule has 1 saturated carbocycles. The highest BCUT2D eigenvalue weighted by Gasteiger charge is 2.25. The lowest BCUT2D eigenvalue weighted by atomic mass is 9.91. The Balaban J connectivity index is 2.21. The van der Waals surface area contributed by atoms with Crippen molar-refractivity contribution in [3.8, 4) is 0 Å². The van der Waals surface area contributed by atoms with Crippen molar-refractivity contribution in [2.75, 3.05) is 19.8 Å². The van der Waals surface area contributed by atoms with Crippen LogP contribution in [0.3, 0.4) is 0 Å². The van der Waals surface area contributed by atoms with Crippen molar-refractivity contribution in [2.24, 2.45) is 5.73 Å². The van der Waals surface area contributed by atoms with Crippen molar-refractivity contribution in [1.29, 1.82) is 0 Å². The van der Waals surface area contributed by atoms with Crippen LogP contribution in [0.15, 0.2) is 0 Å². The van der Waals surface area contributed by atoms with Crippen LogP contribution < -0.4 is 16.4 Å². The second-order valence-corrected chi connectivity index (χ2v) is 6.68. The van der Waals surface area contributed by atoms with Gasteiger partial charge in [-0.15, -0.1) is 0 Å². The smallest absolute Gasteiger partial charge is 0.407 e. The van der Waals surface area contributed by atoms with Gasteiger partial charge in [0.05, 0.1) is 6.61 Å². The Morgan fingerprint density at radius 1 is 1.23 bits per heavy atom. The maximum absolute atomic E-state index is 11.8. The van der Waals surface area contributed by atoms with Gasteiger partial charge in [-0.25, -0.2) is 4.79 Å². The van der Waals surface area contributed by atoms with Crippen molar-refractivity contribution < 1.29 is 19.1 Å². The number of ether oxygens (including phenoxy) is 2. The molecule has 0 saturated heterocycles. The van der Waals surface area contributed by atoms with E-state index in [1.54, 1.807) is 0 Å². The molecule has 4 N–H and O–H groups in total. The van der Waals surface area contributed by atoms with Crippen molar-refractivity contribution >= 4 is 12.0 Å². The van der Waals surface area contributed by atoms with Gasteiger partial charge in [0.25, 0.3) is 0 Å². The number of carbonyl (C=O) groups excluding carboxylic acids is 2. The molecule has 0 aliphatic heterocycles. The third kappa shape index (κ3) is 8.84. The predicted molar refractivity (Wildman–Crippen MR) is 83.4 cm³/mol. The number of hydrogen-bond donors (Lipinski definition) is 3. The summed E-state index contributed by atoms with van der Waals surface area (Å²) in [5.74, 6) is -0.459. The number of nitrogens with one attached hydrogen (secondary N) is 2. The van der Waals surface area contributed by atoms with E-state index in [0.717, 1.165) is 25.7 Å². The van der Waals surface area contributed by atoms with Gasteiger partial charge in [-0.1, -0.05) is 0 Å². The summed E-state index contributed by atoms with van der Waals surface area (Å²) in [5.41, 5.74) is 4.51. The predicted octanol–water partition coefficient (Wildman–Crippen LogP) is 0.914. The second-order valence-electron chi connectivity index (χ2n) is 6.68. The molecule has 2 unspecified atom stereocenters. The van der Waals surface area contributed by atoms with Gasteiger partial charge in [0, 0.05) is 18.6 Å². The van der Waals surface area contributed by atoms with E-state index in [1.807, 2.05) is 20.8 Å². The molecule has 0 aromatic rings. The fourth-order valence-corrected chi connectivity index (χ4v) is 2.49. The maximum atomic E-state index is 11.8. The zero-order valence-corrected chi connectivity index (χ0v) is 13.8. The number of amides is 2. The molecule has 2 atom stereocenters. The molecule has 0 aromatic carbocycles. The SMILES string of the molecule is CC(C)(C)OC(=O)NC1CCCC(NCCOCC(N)=O)C1. The highest BCUT2D eigenvalue weighted by atomic mass is 16.6. The van der Waals surface area contributed by atoms with Crippen LogP contribution in [-0.4, -0.2) is 49.4 Å². The molecule has 1 fully saturated rings. The van der Waals surface area contributed by atoms with Gasteiger partial charge in [-0.05, 0) is 46.5 Å². The average Bonchev–Trinajstić information content (AvgIpc) is 2.36. The van der Waals surface area contributed by atoms with Crippen LogP contribution in [0.5, 0.6) is 0 Å². The van der Waals surface area contributed by atoms with Gasteiger partial charge in [0.2, 0.25) is 5.91 Å². The molecule has 7 nitrogen and oxygen atoms in total. The van der Waals surface area contributed by atoms with Crippen LogP contribution in [0.2, 0.25) is 0 Å². The van der Waals surface area contributed by atoms with Crippen molar-refractivity contribution in [3.63, 3.8) is 0 Å². The lowest BCUT2D eigenvalue weighted by molar-refractivity contribution is -0.122. The monoisotopic (exact) mass is 315 g/mol. The first-order valence-electron chi connectivity index (χ1n) is 7.85. The number of hydrogen-bond acceptors (Lipinski definition) is 5. The second kappa shape index (κ2) is 8.95. The van der Waals surface area contributed by atoms with Gasteiger partial charge in [0.15, 0.2) is 0 Å². The molecule has 0 aromatic heterocycles. The first-order valence-corrected chi connectivity index (χ1v) is 7.85. The third-order valence-electron chi connectivity index (χ3n) is 3.32. The first kappa shape index (κ1) is 18.7. The van der Waals surface area contributed by atoms with Crippen LogP contribution in [0, 0.1) is 0 Å². The lowest BCUT2D eigenvalue weighted by Gasteiger charge is -2.31. The number of alkyl carbamates (subject to hydrolysis) is 1. The normalized spacial score (nSPS) is 22.1. The molecule has 0 bridgehead atoms. The van der Waals surface area contributed by atoms with E-state index < -0.39 is 11.5 Å². The van der Waals surface area contributed by atoms with E-state index in [1.165, 1.54) is 0 Å². The fraction of sp³-hybridized carbons (Fsp3) is 0.867. The molecule has 0 spiro atoms. The molecule has 128 valence electrons. The van der Waals surface area contributed by atoms with Crippen molar-refractivity contribution in [2.45, 2.75) is 64.1 Å². The Morgan fingerprint density at radius 2 is 1.91 bits per heavy atom. The summed E-state index contributed by atoms with van der Waals surface area (Å²) in [6, 6.07) is 0.471. The zero-order chi connectivity index (χ0) is 16.6. The molecule has 1 aliphatic rings. The quantitative estimate of drug-likeness (QED) is 0.606.